The summed E-state index contributed by atoms with van der Waals surface area (Å²) in [5.41, 5.74) is 5.08. The van der Waals surface area contributed by atoms with Crippen molar-refractivity contribution in [1.29, 1.82) is 0 Å². The third-order valence-electron chi connectivity index (χ3n) is 3.70. The molecule has 0 bridgehead atoms. The summed E-state index contributed by atoms with van der Waals surface area (Å²) < 4.78 is 0. The van der Waals surface area contributed by atoms with Gasteiger partial charge in [0.1, 0.15) is 0 Å². The van der Waals surface area contributed by atoms with Crippen LogP contribution in [0.1, 0.15) is 26.7 Å². The summed E-state index contributed by atoms with van der Waals surface area (Å²) in [6, 6.07) is 3.99. The van der Waals surface area contributed by atoms with Gasteiger partial charge in [0, 0.05) is 32.4 Å². The van der Waals surface area contributed by atoms with Gasteiger partial charge in [-0.25, -0.2) is 0 Å². The summed E-state index contributed by atoms with van der Waals surface area (Å²) in [4.78, 5) is 16.2. The van der Waals surface area contributed by atoms with Crippen LogP contribution in [0.4, 0.5) is 5.82 Å². The smallest absolute Gasteiger partial charge is 0.242 e. The van der Waals surface area contributed by atoms with E-state index < -0.39 is 5.54 Å². The maximum Gasteiger partial charge on any atom is 0.242 e. The van der Waals surface area contributed by atoms with E-state index in [2.05, 4.69) is 15.1 Å². The fourth-order valence-corrected chi connectivity index (χ4v) is 2.56. The van der Waals surface area contributed by atoms with Crippen LogP contribution in [0.2, 0.25) is 0 Å². The fourth-order valence-electron chi connectivity index (χ4n) is 2.56. The molecule has 0 radical (unpaired) electrons. The molecule has 1 aliphatic heterocycles. The lowest BCUT2D eigenvalue weighted by atomic mass is 10.00. The van der Waals surface area contributed by atoms with Crippen LogP contribution in [0.5, 0.6) is 0 Å². The van der Waals surface area contributed by atoms with E-state index in [1.165, 1.54) is 0 Å². The third kappa shape index (κ3) is 3.25. The molecule has 1 aliphatic rings. The van der Waals surface area contributed by atoms with Crippen molar-refractivity contribution < 1.29 is 4.79 Å². The minimum atomic E-state index is -0.830. The van der Waals surface area contributed by atoms with Gasteiger partial charge in [0.25, 0.3) is 0 Å². The standard InChI is InChI=1S/C14H23N5O/c1-14(2,15)13(20)18(3)11-6-5-9-19(10-11)12-7-4-8-16-17-12/h4,7-8,11H,5-6,9-10,15H2,1-3H3. The van der Waals surface area contributed by atoms with Crippen LogP contribution in [-0.4, -0.2) is 52.7 Å². The molecule has 1 aromatic heterocycles. The molecule has 2 heterocycles. The Morgan fingerprint density at radius 3 is 2.90 bits per heavy atom. The SMILES string of the molecule is CN(C(=O)C(C)(C)N)C1CCCN(c2cccnn2)C1. The van der Waals surface area contributed by atoms with Crippen LogP contribution in [0.15, 0.2) is 18.3 Å². The molecule has 1 saturated heterocycles. The van der Waals surface area contributed by atoms with Gasteiger partial charge in [-0.15, -0.1) is 5.10 Å². The molecule has 0 spiro atoms. The predicted molar refractivity (Wildman–Crippen MR) is 78.3 cm³/mol. The number of aromatic nitrogens is 2. The fraction of sp³-hybridized carbons (Fsp3) is 0.643. The van der Waals surface area contributed by atoms with E-state index in [0.717, 1.165) is 31.7 Å². The number of piperidine rings is 1. The minimum absolute atomic E-state index is 0.0245. The highest BCUT2D eigenvalue weighted by Gasteiger charge is 2.32. The first-order valence-electron chi connectivity index (χ1n) is 6.98. The molecular weight excluding hydrogens is 254 g/mol. The monoisotopic (exact) mass is 277 g/mol. The van der Waals surface area contributed by atoms with Crippen molar-refractivity contribution in [3.8, 4) is 0 Å². The summed E-state index contributed by atoms with van der Waals surface area (Å²) in [6.07, 6.45) is 3.69. The second kappa shape index (κ2) is 5.75. The second-order valence-electron chi connectivity index (χ2n) is 5.96. The minimum Gasteiger partial charge on any atom is -0.353 e. The highest BCUT2D eigenvalue weighted by molar-refractivity contribution is 5.85. The van der Waals surface area contributed by atoms with Crippen molar-refractivity contribution in [2.45, 2.75) is 38.3 Å². The summed E-state index contributed by atoms with van der Waals surface area (Å²) >= 11 is 0. The number of amides is 1. The van der Waals surface area contributed by atoms with E-state index in [0.29, 0.717) is 0 Å². The number of likely N-dealkylation sites (N-methyl/N-ethyl adjacent to an activating group) is 1. The van der Waals surface area contributed by atoms with Crippen molar-refractivity contribution in [1.82, 2.24) is 15.1 Å². The average molecular weight is 277 g/mol. The molecule has 2 N–H and O–H groups in total. The van der Waals surface area contributed by atoms with Crippen molar-refractivity contribution >= 4 is 11.7 Å². The Hall–Kier alpha value is -1.69. The molecule has 0 aliphatic carbocycles. The molecule has 1 fully saturated rings. The van der Waals surface area contributed by atoms with E-state index in [1.807, 2.05) is 19.2 Å². The van der Waals surface area contributed by atoms with Crippen LogP contribution >= 0.6 is 0 Å². The summed E-state index contributed by atoms with van der Waals surface area (Å²) in [5, 5.41) is 8.05. The highest BCUT2D eigenvalue weighted by atomic mass is 16.2. The molecule has 1 atom stereocenters. The molecule has 1 aromatic rings. The maximum atomic E-state index is 12.3. The molecule has 6 nitrogen and oxygen atoms in total. The number of anilines is 1. The number of carbonyl (C=O) groups is 1. The molecule has 1 amide bonds. The Morgan fingerprint density at radius 2 is 2.30 bits per heavy atom. The van der Waals surface area contributed by atoms with E-state index in [9.17, 15) is 4.79 Å². The molecule has 20 heavy (non-hydrogen) atoms. The van der Waals surface area contributed by atoms with Crippen LogP contribution in [0.25, 0.3) is 0 Å². The van der Waals surface area contributed by atoms with Gasteiger partial charge in [0.05, 0.1) is 5.54 Å². The van der Waals surface area contributed by atoms with E-state index in [4.69, 9.17) is 5.73 Å². The summed E-state index contributed by atoms with van der Waals surface area (Å²) in [5.74, 6) is 0.841. The quantitative estimate of drug-likeness (QED) is 0.877. The zero-order valence-corrected chi connectivity index (χ0v) is 12.4. The molecule has 110 valence electrons. The zero-order valence-electron chi connectivity index (χ0n) is 12.4. The lowest BCUT2D eigenvalue weighted by Gasteiger charge is -2.39. The summed E-state index contributed by atoms with van der Waals surface area (Å²) in [6.45, 7) is 5.21. The number of hydrogen-bond donors (Lipinski definition) is 1. The van der Waals surface area contributed by atoms with E-state index in [-0.39, 0.29) is 11.9 Å². The highest BCUT2D eigenvalue weighted by Crippen LogP contribution is 2.20. The lowest BCUT2D eigenvalue weighted by molar-refractivity contribution is -0.136. The number of rotatable bonds is 3. The maximum absolute atomic E-state index is 12.3. The molecule has 0 aromatic carbocycles. The first kappa shape index (κ1) is 14.7. The number of carbonyl (C=O) groups excluding carboxylic acids is 1. The Kier molecular flexibility index (Phi) is 4.23. The summed E-state index contributed by atoms with van der Waals surface area (Å²) in [7, 11) is 1.84. The number of nitrogens with zero attached hydrogens (tertiary/aromatic N) is 4. The topological polar surface area (TPSA) is 75.3 Å². The third-order valence-corrected chi connectivity index (χ3v) is 3.70. The van der Waals surface area contributed by atoms with Gasteiger partial charge in [-0.2, -0.15) is 5.10 Å². The Balaban J connectivity index is 2.06. The molecule has 1 unspecified atom stereocenters. The lowest BCUT2D eigenvalue weighted by Crippen LogP contribution is -2.56. The number of nitrogens with two attached hydrogens (primary N) is 1. The molecular formula is C14H23N5O. The van der Waals surface area contributed by atoms with Crippen LogP contribution in [0.3, 0.4) is 0 Å². The van der Waals surface area contributed by atoms with Gasteiger partial charge in [0.15, 0.2) is 5.82 Å². The van der Waals surface area contributed by atoms with Crippen LogP contribution in [0, 0.1) is 0 Å². The predicted octanol–water partition coefficient (Wildman–Crippen LogP) is 0.641. The first-order chi connectivity index (χ1) is 9.39. The van der Waals surface area contributed by atoms with Gasteiger partial charge in [0.2, 0.25) is 5.91 Å². The van der Waals surface area contributed by atoms with Crippen molar-refractivity contribution in [3.05, 3.63) is 18.3 Å². The van der Waals surface area contributed by atoms with Gasteiger partial charge in [-0.05, 0) is 38.8 Å². The molecule has 0 saturated carbocycles. The molecule has 6 heteroatoms. The largest absolute Gasteiger partial charge is 0.353 e. The van der Waals surface area contributed by atoms with Crippen LogP contribution in [-0.2, 0) is 4.79 Å². The van der Waals surface area contributed by atoms with Crippen molar-refractivity contribution in [3.63, 3.8) is 0 Å². The Morgan fingerprint density at radius 1 is 1.55 bits per heavy atom. The van der Waals surface area contributed by atoms with Gasteiger partial charge >= 0.3 is 0 Å². The van der Waals surface area contributed by atoms with E-state index in [1.54, 1.807) is 24.9 Å². The molecule has 2 rings (SSSR count). The van der Waals surface area contributed by atoms with Gasteiger partial charge in [-0.1, -0.05) is 0 Å². The average Bonchev–Trinajstić information content (AvgIpc) is 2.46. The number of hydrogen-bond acceptors (Lipinski definition) is 5. The van der Waals surface area contributed by atoms with E-state index >= 15 is 0 Å². The Bertz CT molecular complexity index is 456. The first-order valence-corrected chi connectivity index (χ1v) is 6.98. The Labute approximate surface area is 120 Å². The van der Waals surface area contributed by atoms with Crippen molar-refractivity contribution in [2.75, 3.05) is 25.0 Å². The van der Waals surface area contributed by atoms with Gasteiger partial charge in [-0.3, -0.25) is 4.79 Å². The normalized spacial score (nSPS) is 19.8. The van der Waals surface area contributed by atoms with Crippen molar-refractivity contribution in [2.24, 2.45) is 5.73 Å². The second-order valence-corrected chi connectivity index (χ2v) is 5.96. The van der Waals surface area contributed by atoms with Gasteiger partial charge < -0.3 is 15.5 Å². The van der Waals surface area contributed by atoms with Crippen LogP contribution < -0.4 is 10.6 Å². The zero-order chi connectivity index (χ0) is 14.8.